The Morgan fingerprint density at radius 1 is 0.851 bits per heavy atom. The molecule has 0 fully saturated rings. The molecule has 3 amide bonds. The quantitative estimate of drug-likeness (QED) is 0.111. The molecule has 0 spiro atoms. The summed E-state index contributed by atoms with van der Waals surface area (Å²) < 4.78 is 24.5. The average Bonchev–Trinajstić information content (AvgIpc) is 3.06. The number of aromatic hydroxyl groups is 1. The number of benzene rings is 3. The molecule has 254 valence electrons. The molecule has 0 aliphatic carbocycles. The average molecular weight is 668 g/mol. The van der Waals surface area contributed by atoms with Crippen LogP contribution in [0.25, 0.3) is 0 Å². The molecule has 0 heterocycles. The minimum Gasteiger partial charge on any atom is -0.508 e. The second-order valence-corrected chi connectivity index (χ2v) is 14.1. The highest BCUT2D eigenvalue weighted by molar-refractivity contribution is 7.54. The first kappa shape index (κ1) is 37.3. The van der Waals surface area contributed by atoms with E-state index < -0.39 is 42.7 Å². The summed E-state index contributed by atoms with van der Waals surface area (Å²) in [4.78, 5) is 52.6. The second kappa shape index (κ2) is 17.1. The number of hydrogen-bond acceptors (Lipinski definition) is 7. The number of hydroxylamine groups is 1. The van der Waals surface area contributed by atoms with E-state index in [0.717, 1.165) is 16.7 Å². The molecule has 0 aromatic heterocycles. The number of amides is 3. The number of likely N-dealkylation sites (N-methyl/N-ethyl adjacent to an activating group) is 1. The standard InChI is InChI=1S/C35H46N3O8P/c1-6-35(7-2,23-27-18-20-29(39)21-19-27)47(43,44)46-37-32(40)30(22-26-14-10-8-11-15-26)36-33(41)31(25(3)4)38(5)34(42)45-24-28-16-12-9-13-17-28/h8-21,25,30-31,39H,6-7,22-24H2,1-5H3,(H,36,41)(H,37,40)(H,43,44)/t30-,31-/m0/s1. The van der Waals surface area contributed by atoms with Crippen LogP contribution in [-0.4, -0.2) is 57.1 Å². The van der Waals surface area contributed by atoms with Gasteiger partial charge in [0.15, 0.2) is 0 Å². The van der Waals surface area contributed by atoms with Crippen molar-refractivity contribution < 1.29 is 38.3 Å². The van der Waals surface area contributed by atoms with Gasteiger partial charge in [-0.2, -0.15) is 4.62 Å². The Morgan fingerprint density at radius 2 is 1.40 bits per heavy atom. The molecular weight excluding hydrogens is 621 g/mol. The van der Waals surface area contributed by atoms with E-state index in [1.54, 1.807) is 64.1 Å². The predicted octanol–water partition coefficient (Wildman–Crippen LogP) is 5.75. The molecule has 4 N–H and O–H groups in total. The van der Waals surface area contributed by atoms with Crippen molar-refractivity contribution in [1.29, 1.82) is 0 Å². The van der Waals surface area contributed by atoms with Gasteiger partial charge in [0.05, 0.1) is 5.16 Å². The predicted molar refractivity (Wildman–Crippen MR) is 179 cm³/mol. The zero-order valence-electron chi connectivity index (χ0n) is 27.6. The number of nitrogens with zero attached hydrogens (tertiary/aromatic N) is 1. The fraction of sp³-hybridized carbons (Fsp3) is 0.400. The Morgan fingerprint density at radius 3 is 1.94 bits per heavy atom. The molecule has 0 bridgehead atoms. The molecule has 0 saturated heterocycles. The van der Waals surface area contributed by atoms with Gasteiger partial charge in [0.1, 0.15) is 24.4 Å². The number of nitrogens with one attached hydrogen (secondary N) is 2. The number of phenols is 1. The zero-order valence-corrected chi connectivity index (χ0v) is 28.5. The number of hydrogen-bond donors (Lipinski definition) is 4. The van der Waals surface area contributed by atoms with Crippen molar-refractivity contribution in [3.8, 4) is 5.75 Å². The minimum absolute atomic E-state index is 0.0256. The van der Waals surface area contributed by atoms with Crippen molar-refractivity contribution in [3.63, 3.8) is 0 Å². The largest absolute Gasteiger partial charge is 0.508 e. The fourth-order valence-electron chi connectivity index (χ4n) is 5.44. The van der Waals surface area contributed by atoms with Crippen molar-refractivity contribution in [3.05, 3.63) is 102 Å². The summed E-state index contributed by atoms with van der Waals surface area (Å²) in [7, 11) is -3.04. The Hall–Kier alpha value is -4.18. The molecule has 0 saturated carbocycles. The third-order valence-corrected chi connectivity index (χ3v) is 10.7. The summed E-state index contributed by atoms with van der Waals surface area (Å²) in [5, 5.41) is 11.1. The maximum Gasteiger partial charge on any atom is 0.410 e. The van der Waals surface area contributed by atoms with Crippen molar-refractivity contribution in [2.24, 2.45) is 5.92 Å². The van der Waals surface area contributed by atoms with Gasteiger partial charge < -0.3 is 20.1 Å². The van der Waals surface area contributed by atoms with Gasteiger partial charge in [0.25, 0.3) is 5.91 Å². The first-order valence-corrected chi connectivity index (χ1v) is 17.3. The van der Waals surface area contributed by atoms with Crippen LogP contribution >= 0.6 is 7.60 Å². The van der Waals surface area contributed by atoms with Crippen LogP contribution in [0.4, 0.5) is 4.79 Å². The van der Waals surface area contributed by atoms with Crippen LogP contribution in [0.15, 0.2) is 84.9 Å². The molecule has 0 radical (unpaired) electrons. The molecule has 11 nitrogen and oxygen atoms in total. The number of ether oxygens (including phenoxy) is 1. The maximum absolute atomic E-state index is 13.7. The van der Waals surface area contributed by atoms with E-state index in [9.17, 15) is 28.9 Å². The maximum atomic E-state index is 13.7. The Kier molecular flexibility index (Phi) is 13.6. The summed E-state index contributed by atoms with van der Waals surface area (Å²) in [6.45, 7) is 7.10. The van der Waals surface area contributed by atoms with E-state index in [2.05, 4.69) is 10.8 Å². The monoisotopic (exact) mass is 667 g/mol. The molecule has 0 aliphatic heterocycles. The lowest BCUT2D eigenvalue weighted by Gasteiger charge is -2.35. The third kappa shape index (κ3) is 10.2. The van der Waals surface area contributed by atoms with Crippen LogP contribution in [-0.2, 0) is 43.0 Å². The molecule has 1 unspecified atom stereocenters. The van der Waals surface area contributed by atoms with Crippen LogP contribution in [0.1, 0.15) is 57.2 Å². The molecule has 12 heteroatoms. The van der Waals surface area contributed by atoms with E-state index >= 15 is 0 Å². The Bertz CT molecular complexity index is 1500. The van der Waals surface area contributed by atoms with E-state index in [-0.39, 0.29) is 44.0 Å². The summed E-state index contributed by atoms with van der Waals surface area (Å²) in [5.74, 6) is -1.72. The van der Waals surface area contributed by atoms with Gasteiger partial charge in [0.2, 0.25) is 5.91 Å². The lowest BCUT2D eigenvalue weighted by molar-refractivity contribution is -0.135. The first-order chi connectivity index (χ1) is 22.3. The smallest absolute Gasteiger partial charge is 0.410 e. The van der Waals surface area contributed by atoms with Crippen LogP contribution in [0.3, 0.4) is 0 Å². The topological polar surface area (TPSA) is 154 Å². The molecule has 3 atom stereocenters. The normalized spacial score (nSPS) is 14.0. The lowest BCUT2D eigenvalue weighted by Crippen LogP contribution is -2.56. The summed E-state index contributed by atoms with van der Waals surface area (Å²) in [6.07, 6.45) is 0.0317. The van der Waals surface area contributed by atoms with Gasteiger partial charge >= 0.3 is 13.7 Å². The number of carbonyl (C=O) groups is 3. The van der Waals surface area contributed by atoms with Crippen molar-refractivity contribution in [2.45, 2.75) is 77.2 Å². The summed E-state index contributed by atoms with van der Waals surface area (Å²) in [6, 6.07) is 22.2. The zero-order chi connectivity index (χ0) is 34.6. The van der Waals surface area contributed by atoms with Crippen molar-refractivity contribution >= 4 is 25.5 Å². The molecule has 3 rings (SSSR count). The Labute approximate surface area is 276 Å². The van der Waals surface area contributed by atoms with Crippen LogP contribution in [0, 0.1) is 5.92 Å². The van der Waals surface area contributed by atoms with Gasteiger partial charge in [-0.3, -0.25) is 19.1 Å². The van der Waals surface area contributed by atoms with Gasteiger partial charge in [-0.25, -0.2) is 10.3 Å². The van der Waals surface area contributed by atoms with Gasteiger partial charge in [0, 0.05) is 13.5 Å². The van der Waals surface area contributed by atoms with Crippen molar-refractivity contribution in [1.82, 2.24) is 15.7 Å². The molecule has 0 aliphatic rings. The minimum atomic E-state index is -4.49. The van der Waals surface area contributed by atoms with Gasteiger partial charge in [-0.05, 0) is 54.0 Å². The van der Waals surface area contributed by atoms with E-state index in [4.69, 9.17) is 9.36 Å². The van der Waals surface area contributed by atoms with Crippen molar-refractivity contribution in [2.75, 3.05) is 7.05 Å². The molecular formula is C35H46N3O8P. The van der Waals surface area contributed by atoms with Gasteiger partial charge in [-0.15, -0.1) is 0 Å². The Balaban J connectivity index is 1.78. The van der Waals surface area contributed by atoms with E-state index in [1.807, 2.05) is 36.4 Å². The van der Waals surface area contributed by atoms with Gasteiger partial charge in [-0.1, -0.05) is 100 Å². The highest BCUT2D eigenvalue weighted by atomic mass is 31.2. The molecule has 3 aromatic rings. The lowest BCUT2D eigenvalue weighted by atomic mass is 9.93. The third-order valence-electron chi connectivity index (χ3n) is 8.38. The number of phenolic OH excluding ortho intramolecular Hbond substituents is 1. The van der Waals surface area contributed by atoms with Crippen LogP contribution in [0.5, 0.6) is 5.75 Å². The van der Waals surface area contributed by atoms with Crippen LogP contribution in [0.2, 0.25) is 0 Å². The molecule has 3 aromatic carbocycles. The summed E-state index contributed by atoms with van der Waals surface area (Å²) in [5.41, 5.74) is 4.40. The summed E-state index contributed by atoms with van der Waals surface area (Å²) >= 11 is 0. The number of rotatable bonds is 16. The first-order valence-electron chi connectivity index (χ1n) is 15.7. The SMILES string of the molecule is CCC(CC)(Cc1ccc(O)cc1)P(=O)(O)ONC(=O)[C@H](Cc1ccccc1)NC(=O)[C@H](C(C)C)N(C)C(=O)OCc1ccccc1. The fourth-order valence-corrected chi connectivity index (χ4v) is 7.03. The second-order valence-electron chi connectivity index (χ2n) is 11.9. The molecule has 47 heavy (non-hydrogen) atoms. The van der Waals surface area contributed by atoms with E-state index in [0.29, 0.717) is 0 Å². The van der Waals surface area contributed by atoms with E-state index in [1.165, 1.54) is 24.1 Å². The highest BCUT2D eigenvalue weighted by Gasteiger charge is 2.47. The highest BCUT2D eigenvalue weighted by Crippen LogP contribution is 2.59. The number of carbonyl (C=O) groups excluding carboxylic acids is 3. The van der Waals surface area contributed by atoms with Crippen LogP contribution < -0.4 is 10.8 Å².